The van der Waals surface area contributed by atoms with Crippen LogP contribution < -0.4 is 0 Å². The fourth-order valence-electron chi connectivity index (χ4n) is 2.32. The molecule has 1 amide bonds. The van der Waals surface area contributed by atoms with Crippen LogP contribution in [0.2, 0.25) is 0 Å². The maximum absolute atomic E-state index is 11.5. The molecule has 2 rings (SSSR count). The first-order chi connectivity index (χ1) is 6.33. The Hall–Kier alpha value is -0.830. The quantitative estimate of drug-likeness (QED) is 0.564. The van der Waals surface area contributed by atoms with E-state index in [2.05, 4.69) is 6.58 Å². The van der Waals surface area contributed by atoms with Gasteiger partial charge < -0.3 is 9.64 Å². The lowest BCUT2D eigenvalue weighted by atomic mass is 10.1. The Labute approximate surface area is 78.4 Å². The molecule has 1 aliphatic heterocycles. The minimum absolute atomic E-state index is 0.0557. The molecule has 13 heavy (non-hydrogen) atoms. The number of fused-ring (bicyclic) bond motifs is 1. The van der Waals surface area contributed by atoms with Crippen LogP contribution in [-0.4, -0.2) is 36.1 Å². The number of carbonyl (C=O) groups excluding carboxylic acids is 1. The predicted molar refractivity (Wildman–Crippen MR) is 49.3 cm³/mol. The van der Waals surface area contributed by atoms with Crippen LogP contribution in [0.3, 0.4) is 0 Å². The molecule has 0 aromatic rings. The molecule has 72 valence electrons. The summed E-state index contributed by atoms with van der Waals surface area (Å²) >= 11 is 0. The second-order valence-electron chi connectivity index (χ2n) is 3.64. The van der Waals surface area contributed by atoms with Gasteiger partial charge in [0.05, 0.1) is 18.8 Å². The Bertz CT molecular complexity index is 227. The van der Waals surface area contributed by atoms with E-state index < -0.39 is 0 Å². The third-order valence-electron chi connectivity index (χ3n) is 2.94. The lowest BCUT2D eigenvalue weighted by Crippen LogP contribution is -2.50. The topological polar surface area (TPSA) is 29.5 Å². The maximum atomic E-state index is 11.5. The van der Waals surface area contributed by atoms with Gasteiger partial charge in [0.15, 0.2) is 0 Å². The number of nitrogens with zero attached hydrogens (tertiary/aromatic N) is 1. The molecule has 2 unspecified atom stereocenters. The number of hydrogen-bond donors (Lipinski definition) is 0. The van der Waals surface area contributed by atoms with E-state index in [9.17, 15) is 4.79 Å². The van der Waals surface area contributed by atoms with Crippen LogP contribution in [0.5, 0.6) is 0 Å². The van der Waals surface area contributed by atoms with Crippen LogP contribution >= 0.6 is 0 Å². The van der Waals surface area contributed by atoms with Crippen LogP contribution in [0.4, 0.5) is 0 Å². The van der Waals surface area contributed by atoms with Gasteiger partial charge in [-0.25, -0.2) is 0 Å². The largest absolute Gasteiger partial charge is 0.374 e. The molecule has 1 saturated carbocycles. The fraction of sp³-hybridized carbons (Fsp3) is 0.700. The van der Waals surface area contributed by atoms with Gasteiger partial charge in [0, 0.05) is 6.54 Å². The molecule has 0 N–H and O–H groups in total. The summed E-state index contributed by atoms with van der Waals surface area (Å²) in [4.78, 5) is 13.4. The van der Waals surface area contributed by atoms with Crippen molar-refractivity contribution in [2.75, 3.05) is 13.2 Å². The number of rotatable bonds is 1. The van der Waals surface area contributed by atoms with E-state index in [0.717, 1.165) is 19.4 Å². The number of ether oxygens (including phenoxy) is 1. The summed E-state index contributed by atoms with van der Waals surface area (Å²) < 4.78 is 5.60. The van der Waals surface area contributed by atoms with E-state index in [1.54, 1.807) is 0 Å². The highest BCUT2D eigenvalue weighted by Crippen LogP contribution is 2.29. The highest BCUT2D eigenvalue weighted by atomic mass is 16.5. The Kier molecular flexibility index (Phi) is 2.36. The second kappa shape index (κ2) is 3.50. The van der Waals surface area contributed by atoms with E-state index in [4.69, 9.17) is 4.74 Å². The summed E-state index contributed by atoms with van der Waals surface area (Å²) in [6.07, 6.45) is 5.06. The normalized spacial score (nSPS) is 32.8. The molecule has 3 nitrogen and oxygen atoms in total. The van der Waals surface area contributed by atoms with Crippen molar-refractivity contribution in [1.82, 2.24) is 4.90 Å². The summed E-state index contributed by atoms with van der Waals surface area (Å²) in [6.45, 7) is 4.93. The molecule has 3 heteroatoms. The summed E-state index contributed by atoms with van der Waals surface area (Å²) in [6, 6.07) is 0.319. The summed E-state index contributed by atoms with van der Waals surface area (Å²) in [7, 11) is 0. The first-order valence-corrected chi connectivity index (χ1v) is 4.87. The van der Waals surface area contributed by atoms with Crippen LogP contribution in [-0.2, 0) is 9.53 Å². The Morgan fingerprint density at radius 3 is 3.15 bits per heavy atom. The van der Waals surface area contributed by atoms with Gasteiger partial charge in [0.1, 0.15) is 0 Å². The van der Waals surface area contributed by atoms with Crippen molar-refractivity contribution in [1.29, 1.82) is 0 Å². The van der Waals surface area contributed by atoms with Gasteiger partial charge in [-0.05, 0) is 25.3 Å². The van der Waals surface area contributed by atoms with E-state index in [0.29, 0.717) is 12.6 Å². The maximum Gasteiger partial charge on any atom is 0.246 e. The van der Waals surface area contributed by atoms with E-state index in [1.165, 1.54) is 12.5 Å². The van der Waals surface area contributed by atoms with Crippen molar-refractivity contribution < 1.29 is 9.53 Å². The van der Waals surface area contributed by atoms with Gasteiger partial charge in [-0.15, -0.1) is 0 Å². The molecule has 0 spiro atoms. The van der Waals surface area contributed by atoms with Gasteiger partial charge in [-0.1, -0.05) is 6.58 Å². The Morgan fingerprint density at radius 2 is 2.38 bits per heavy atom. The average molecular weight is 181 g/mol. The Balaban J connectivity index is 2.09. The van der Waals surface area contributed by atoms with Gasteiger partial charge in [0.25, 0.3) is 0 Å². The highest BCUT2D eigenvalue weighted by Gasteiger charge is 2.37. The standard InChI is InChI=1S/C10H15NO2/c1-2-10(12)11-6-7-13-9-5-3-4-8(9)11/h2,8-9H,1,3-7H2. The molecule has 2 atom stereocenters. The molecule has 1 saturated heterocycles. The monoisotopic (exact) mass is 181 g/mol. The average Bonchev–Trinajstić information content (AvgIpc) is 2.63. The first kappa shape index (κ1) is 8.75. The molecule has 1 aliphatic carbocycles. The fourth-order valence-corrected chi connectivity index (χ4v) is 2.32. The Morgan fingerprint density at radius 1 is 1.54 bits per heavy atom. The smallest absolute Gasteiger partial charge is 0.246 e. The molecule has 2 aliphatic rings. The van der Waals surface area contributed by atoms with Crippen LogP contribution in [0.15, 0.2) is 12.7 Å². The van der Waals surface area contributed by atoms with Crippen molar-refractivity contribution in [3.05, 3.63) is 12.7 Å². The van der Waals surface area contributed by atoms with Crippen LogP contribution in [0.25, 0.3) is 0 Å². The summed E-state index contributed by atoms with van der Waals surface area (Å²) in [5.41, 5.74) is 0. The molecular formula is C10H15NO2. The molecule has 0 radical (unpaired) electrons. The van der Waals surface area contributed by atoms with E-state index in [-0.39, 0.29) is 12.0 Å². The van der Waals surface area contributed by atoms with Crippen molar-refractivity contribution in [3.8, 4) is 0 Å². The van der Waals surface area contributed by atoms with Crippen molar-refractivity contribution in [2.24, 2.45) is 0 Å². The minimum atomic E-state index is 0.0557. The van der Waals surface area contributed by atoms with Gasteiger partial charge in [0.2, 0.25) is 5.91 Å². The third-order valence-corrected chi connectivity index (χ3v) is 2.94. The highest BCUT2D eigenvalue weighted by molar-refractivity contribution is 5.87. The summed E-state index contributed by atoms with van der Waals surface area (Å²) in [5.74, 6) is 0.0557. The predicted octanol–water partition coefficient (Wildman–Crippen LogP) is 0.952. The molecular weight excluding hydrogens is 166 g/mol. The zero-order valence-corrected chi connectivity index (χ0v) is 7.74. The third kappa shape index (κ3) is 1.48. The van der Waals surface area contributed by atoms with E-state index >= 15 is 0 Å². The number of amides is 1. The first-order valence-electron chi connectivity index (χ1n) is 4.87. The molecule has 0 aromatic carbocycles. The van der Waals surface area contributed by atoms with Crippen molar-refractivity contribution in [2.45, 2.75) is 31.4 Å². The lowest BCUT2D eigenvalue weighted by molar-refractivity contribution is -0.138. The second-order valence-corrected chi connectivity index (χ2v) is 3.64. The van der Waals surface area contributed by atoms with Crippen LogP contribution in [0.1, 0.15) is 19.3 Å². The molecule has 1 heterocycles. The molecule has 0 bridgehead atoms. The number of morpholine rings is 1. The van der Waals surface area contributed by atoms with Crippen LogP contribution in [0, 0.1) is 0 Å². The van der Waals surface area contributed by atoms with Gasteiger partial charge in [-0.3, -0.25) is 4.79 Å². The minimum Gasteiger partial charge on any atom is -0.374 e. The zero-order valence-electron chi connectivity index (χ0n) is 7.74. The SMILES string of the molecule is C=CC(=O)N1CCOC2CCCC21. The number of hydrogen-bond acceptors (Lipinski definition) is 2. The zero-order chi connectivity index (χ0) is 9.26. The van der Waals surface area contributed by atoms with Gasteiger partial charge >= 0.3 is 0 Å². The molecule has 2 fully saturated rings. The van der Waals surface area contributed by atoms with E-state index in [1.807, 2.05) is 4.90 Å². The summed E-state index contributed by atoms with van der Waals surface area (Å²) in [5, 5.41) is 0. The van der Waals surface area contributed by atoms with Crippen molar-refractivity contribution in [3.63, 3.8) is 0 Å². The number of carbonyl (C=O) groups is 1. The van der Waals surface area contributed by atoms with Gasteiger partial charge in [-0.2, -0.15) is 0 Å². The lowest BCUT2D eigenvalue weighted by Gasteiger charge is -2.37. The molecule has 0 aromatic heterocycles. The van der Waals surface area contributed by atoms with Crippen molar-refractivity contribution >= 4 is 5.91 Å².